The lowest BCUT2D eigenvalue weighted by molar-refractivity contribution is 0.414. The van der Waals surface area contributed by atoms with Gasteiger partial charge in [0, 0.05) is 5.02 Å². The van der Waals surface area contributed by atoms with Crippen molar-refractivity contribution in [2.45, 2.75) is 19.3 Å². The Morgan fingerprint density at radius 1 is 1.43 bits per heavy atom. The second-order valence-electron chi connectivity index (χ2n) is 3.58. The molecular formula is C11H12ClNO. The second-order valence-corrected chi connectivity index (χ2v) is 3.99. The molecule has 0 aliphatic heterocycles. The number of halogens is 1. The van der Waals surface area contributed by atoms with Crippen LogP contribution in [0.5, 0.6) is 5.75 Å². The van der Waals surface area contributed by atoms with E-state index in [9.17, 15) is 0 Å². The highest BCUT2D eigenvalue weighted by atomic mass is 35.5. The van der Waals surface area contributed by atoms with Crippen LogP contribution in [0.4, 0.5) is 0 Å². The van der Waals surface area contributed by atoms with Gasteiger partial charge in [0.25, 0.3) is 0 Å². The van der Waals surface area contributed by atoms with E-state index in [2.05, 4.69) is 6.07 Å². The van der Waals surface area contributed by atoms with Gasteiger partial charge in [-0.2, -0.15) is 5.26 Å². The average molecular weight is 210 g/mol. The third kappa shape index (κ3) is 2.00. The highest BCUT2D eigenvalue weighted by Crippen LogP contribution is 2.31. The molecule has 0 N–H and O–H groups in total. The molecule has 0 amide bonds. The van der Waals surface area contributed by atoms with E-state index in [1.807, 2.05) is 19.9 Å². The van der Waals surface area contributed by atoms with Gasteiger partial charge < -0.3 is 4.74 Å². The van der Waals surface area contributed by atoms with Crippen molar-refractivity contribution in [3.63, 3.8) is 0 Å². The molecule has 1 rings (SSSR count). The molecule has 0 aromatic heterocycles. The summed E-state index contributed by atoms with van der Waals surface area (Å²) >= 11 is 6.04. The first-order chi connectivity index (χ1) is 6.51. The van der Waals surface area contributed by atoms with Crippen molar-refractivity contribution in [1.82, 2.24) is 0 Å². The van der Waals surface area contributed by atoms with Crippen LogP contribution in [0.3, 0.4) is 0 Å². The third-order valence-electron chi connectivity index (χ3n) is 2.13. The molecule has 14 heavy (non-hydrogen) atoms. The Bertz CT molecular complexity index is 379. The highest BCUT2D eigenvalue weighted by molar-refractivity contribution is 6.31. The molecule has 0 saturated carbocycles. The number of hydrogen-bond donors (Lipinski definition) is 0. The number of rotatable bonds is 2. The molecule has 0 saturated heterocycles. The molecule has 0 unspecified atom stereocenters. The zero-order chi connectivity index (χ0) is 10.8. The maximum atomic E-state index is 8.96. The standard InChI is InChI=1S/C11H12ClNO/c1-11(2,7-13)9-5-4-8(14-3)6-10(9)12/h4-6H,1-3H3. The maximum absolute atomic E-state index is 8.96. The Kier molecular flexibility index (Phi) is 3.03. The lowest BCUT2D eigenvalue weighted by Crippen LogP contribution is -2.14. The second kappa shape index (κ2) is 3.89. The van der Waals surface area contributed by atoms with Gasteiger partial charge in [-0.15, -0.1) is 0 Å². The fraction of sp³-hybridized carbons (Fsp3) is 0.364. The van der Waals surface area contributed by atoms with E-state index in [0.29, 0.717) is 10.8 Å². The number of nitriles is 1. The van der Waals surface area contributed by atoms with Crippen molar-refractivity contribution in [2.24, 2.45) is 0 Å². The summed E-state index contributed by atoms with van der Waals surface area (Å²) in [5, 5.41) is 9.52. The number of ether oxygens (including phenoxy) is 1. The van der Waals surface area contributed by atoms with E-state index >= 15 is 0 Å². The monoisotopic (exact) mass is 209 g/mol. The van der Waals surface area contributed by atoms with Crippen LogP contribution in [-0.4, -0.2) is 7.11 Å². The van der Waals surface area contributed by atoms with E-state index in [1.54, 1.807) is 19.2 Å². The molecule has 1 aromatic rings. The van der Waals surface area contributed by atoms with Crippen molar-refractivity contribution in [3.8, 4) is 11.8 Å². The molecule has 0 bridgehead atoms. The minimum absolute atomic E-state index is 0.566. The molecule has 0 spiro atoms. The van der Waals surface area contributed by atoms with E-state index in [0.717, 1.165) is 5.56 Å². The smallest absolute Gasteiger partial charge is 0.120 e. The van der Waals surface area contributed by atoms with Crippen molar-refractivity contribution in [3.05, 3.63) is 28.8 Å². The van der Waals surface area contributed by atoms with Crippen LogP contribution >= 0.6 is 11.6 Å². The Hall–Kier alpha value is -1.20. The topological polar surface area (TPSA) is 33.0 Å². The zero-order valence-corrected chi connectivity index (χ0v) is 9.22. The molecule has 0 radical (unpaired) electrons. The summed E-state index contributed by atoms with van der Waals surface area (Å²) in [5.74, 6) is 0.701. The van der Waals surface area contributed by atoms with Crippen LogP contribution < -0.4 is 4.74 Å². The predicted octanol–water partition coefficient (Wildman–Crippen LogP) is 3.15. The van der Waals surface area contributed by atoms with Gasteiger partial charge in [-0.1, -0.05) is 17.7 Å². The van der Waals surface area contributed by atoms with Crippen LogP contribution in [0.25, 0.3) is 0 Å². The van der Waals surface area contributed by atoms with Crippen molar-refractivity contribution < 1.29 is 4.74 Å². The highest BCUT2D eigenvalue weighted by Gasteiger charge is 2.22. The first kappa shape index (κ1) is 10.9. The summed E-state index contributed by atoms with van der Waals surface area (Å²) in [5.41, 5.74) is 0.256. The first-order valence-corrected chi connectivity index (χ1v) is 4.64. The molecule has 74 valence electrons. The Labute approximate surface area is 89.1 Å². The van der Waals surface area contributed by atoms with Gasteiger partial charge in [0.05, 0.1) is 18.6 Å². The Morgan fingerprint density at radius 3 is 2.50 bits per heavy atom. The first-order valence-electron chi connectivity index (χ1n) is 4.26. The summed E-state index contributed by atoms with van der Waals surface area (Å²) in [6, 6.07) is 7.56. The van der Waals surface area contributed by atoms with Gasteiger partial charge in [-0.25, -0.2) is 0 Å². The fourth-order valence-electron chi connectivity index (χ4n) is 1.19. The minimum Gasteiger partial charge on any atom is -0.497 e. The maximum Gasteiger partial charge on any atom is 0.120 e. The number of benzene rings is 1. The van der Waals surface area contributed by atoms with Crippen molar-refractivity contribution in [1.29, 1.82) is 5.26 Å². The van der Waals surface area contributed by atoms with Gasteiger partial charge in [0.1, 0.15) is 5.75 Å². The molecule has 0 atom stereocenters. The fourth-order valence-corrected chi connectivity index (χ4v) is 1.60. The predicted molar refractivity (Wildman–Crippen MR) is 56.6 cm³/mol. The molecule has 0 fully saturated rings. The van der Waals surface area contributed by atoms with Gasteiger partial charge >= 0.3 is 0 Å². The van der Waals surface area contributed by atoms with Gasteiger partial charge in [0.15, 0.2) is 0 Å². The number of nitrogens with zero attached hydrogens (tertiary/aromatic N) is 1. The van der Waals surface area contributed by atoms with Crippen LogP contribution in [0.15, 0.2) is 18.2 Å². The summed E-state index contributed by atoms with van der Waals surface area (Å²) in [6.45, 7) is 3.67. The summed E-state index contributed by atoms with van der Waals surface area (Å²) in [4.78, 5) is 0. The molecule has 0 aliphatic carbocycles. The van der Waals surface area contributed by atoms with Gasteiger partial charge in [0.2, 0.25) is 0 Å². The van der Waals surface area contributed by atoms with Crippen LogP contribution in [0.2, 0.25) is 5.02 Å². The van der Waals surface area contributed by atoms with Crippen molar-refractivity contribution in [2.75, 3.05) is 7.11 Å². The van der Waals surface area contributed by atoms with E-state index in [-0.39, 0.29) is 0 Å². The molecule has 0 heterocycles. The molecule has 2 nitrogen and oxygen atoms in total. The summed E-state index contributed by atoms with van der Waals surface area (Å²) < 4.78 is 5.03. The molecule has 3 heteroatoms. The number of methoxy groups -OCH3 is 1. The Morgan fingerprint density at radius 2 is 2.07 bits per heavy atom. The third-order valence-corrected chi connectivity index (χ3v) is 2.44. The quantitative estimate of drug-likeness (QED) is 0.750. The van der Waals surface area contributed by atoms with E-state index in [4.69, 9.17) is 21.6 Å². The van der Waals surface area contributed by atoms with Crippen LogP contribution in [0, 0.1) is 11.3 Å². The SMILES string of the molecule is COc1ccc(C(C)(C)C#N)c(Cl)c1. The van der Waals surface area contributed by atoms with E-state index in [1.165, 1.54) is 0 Å². The van der Waals surface area contributed by atoms with Crippen LogP contribution in [0.1, 0.15) is 19.4 Å². The largest absolute Gasteiger partial charge is 0.497 e. The normalized spacial score (nSPS) is 10.8. The average Bonchev–Trinajstić information content (AvgIpc) is 2.17. The minimum atomic E-state index is -0.566. The van der Waals surface area contributed by atoms with E-state index < -0.39 is 5.41 Å². The molecule has 1 aromatic carbocycles. The van der Waals surface area contributed by atoms with Gasteiger partial charge in [-0.05, 0) is 31.5 Å². The lowest BCUT2D eigenvalue weighted by atomic mass is 9.86. The summed E-state index contributed by atoms with van der Waals surface area (Å²) in [7, 11) is 1.58. The molecule has 0 aliphatic rings. The van der Waals surface area contributed by atoms with Crippen LogP contribution in [-0.2, 0) is 5.41 Å². The summed E-state index contributed by atoms with van der Waals surface area (Å²) in [6.07, 6.45) is 0. The van der Waals surface area contributed by atoms with Crippen molar-refractivity contribution >= 4 is 11.6 Å². The lowest BCUT2D eigenvalue weighted by Gasteiger charge is -2.17. The van der Waals surface area contributed by atoms with Gasteiger partial charge in [-0.3, -0.25) is 0 Å². The molecular weight excluding hydrogens is 198 g/mol. The Balaban J connectivity index is 3.20. The zero-order valence-electron chi connectivity index (χ0n) is 8.47. The number of hydrogen-bond acceptors (Lipinski definition) is 2.